The lowest BCUT2D eigenvalue weighted by molar-refractivity contribution is -0.152. The molecule has 0 bridgehead atoms. The van der Waals surface area contributed by atoms with Crippen molar-refractivity contribution >= 4 is 21.9 Å². The van der Waals surface area contributed by atoms with Crippen molar-refractivity contribution in [3.05, 3.63) is 34.3 Å². The van der Waals surface area contributed by atoms with Gasteiger partial charge in [-0.15, -0.1) is 0 Å². The van der Waals surface area contributed by atoms with E-state index in [1.165, 1.54) is 12.8 Å². The summed E-state index contributed by atoms with van der Waals surface area (Å²) in [6.45, 7) is 5.15. The van der Waals surface area contributed by atoms with Crippen molar-refractivity contribution in [2.24, 2.45) is 5.92 Å². The number of carbonyl (C=O) groups is 1. The molecule has 1 aromatic carbocycles. The lowest BCUT2D eigenvalue weighted by atomic mass is 9.87. The number of benzene rings is 1. The van der Waals surface area contributed by atoms with E-state index in [4.69, 9.17) is 4.74 Å². The Labute approximate surface area is 129 Å². The van der Waals surface area contributed by atoms with Crippen LogP contribution in [-0.4, -0.2) is 19.1 Å². The number of carbonyl (C=O) groups excluding carboxylic acids is 1. The van der Waals surface area contributed by atoms with Gasteiger partial charge in [0.05, 0.1) is 6.61 Å². The Morgan fingerprint density at radius 2 is 2.20 bits per heavy atom. The Morgan fingerprint density at radius 1 is 1.45 bits per heavy atom. The summed E-state index contributed by atoms with van der Waals surface area (Å²) in [5.41, 5.74) is 0.232. The van der Waals surface area contributed by atoms with E-state index in [9.17, 15) is 4.79 Å². The monoisotopic (exact) mass is 339 g/mol. The predicted octanol–water partition coefficient (Wildman–Crippen LogP) is 3.62. The molecule has 1 aliphatic rings. The van der Waals surface area contributed by atoms with Crippen molar-refractivity contribution in [2.45, 2.75) is 38.6 Å². The highest BCUT2D eigenvalue weighted by atomic mass is 79.9. The van der Waals surface area contributed by atoms with Crippen molar-refractivity contribution in [3.8, 4) is 0 Å². The Hall–Kier alpha value is -0.870. The van der Waals surface area contributed by atoms with E-state index < -0.39 is 5.54 Å². The van der Waals surface area contributed by atoms with Gasteiger partial charge in [0.2, 0.25) is 0 Å². The number of esters is 1. The third kappa shape index (κ3) is 3.41. The maximum Gasteiger partial charge on any atom is 0.330 e. The van der Waals surface area contributed by atoms with E-state index in [1.54, 1.807) is 0 Å². The first-order valence-electron chi connectivity index (χ1n) is 7.30. The van der Waals surface area contributed by atoms with E-state index in [-0.39, 0.29) is 5.97 Å². The van der Waals surface area contributed by atoms with Crippen molar-refractivity contribution < 1.29 is 9.53 Å². The van der Waals surface area contributed by atoms with Gasteiger partial charge < -0.3 is 4.74 Å². The first-order chi connectivity index (χ1) is 9.62. The van der Waals surface area contributed by atoms with Gasteiger partial charge in [0.1, 0.15) is 5.54 Å². The van der Waals surface area contributed by atoms with Gasteiger partial charge in [-0.05, 0) is 56.3 Å². The molecule has 110 valence electrons. The van der Waals surface area contributed by atoms with Crippen LogP contribution >= 0.6 is 15.9 Å². The normalized spacial score (nSPS) is 17.6. The molecule has 1 aromatic rings. The number of ether oxygens (including phenoxy) is 1. The highest BCUT2D eigenvalue weighted by Crippen LogP contribution is 2.33. The highest BCUT2D eigenvalue weighted by Gasteiger charge is 2.41. The summed E-state index contributed by atoms with van der Waals surface area (Å²) in [6.07, 6.45) is 3.19. The number of rotatable bonds is 7. The number of halogens is 1. The Balaban J connectivity index is 2.30. The first kappa shape index (κ1) is 15.5. The maximum atomic E-state index is 12.5. The zero-order valence-corrected chi connectivity index (χ0v) is 13.7. The molecular weight excluding hydrogens is 318 g/mol. The van der Waals surface area contributed by atoms with E-state index in [2.05, 4.69) is 21.2 Å². The quantitative estimate of drug-likeness (QED) is 0.771. The molecule has 1 atom stereocenters. The summed E-state index contributed by atoms with van der Waals surface area (Å²) >= 11 is 3.48. The summed E-state index contributed by atoms with van der Waals surface area (Å²) in [5, 5.41) is 3.48. The van der Waals surface area contributed by atoms with Crippen LogP contribution in [-0.2, 0) is 15.1 Å². The average molecular weight is 340 g/mol. The fourth-order valence-electron chi connectivity index (χ4n) is 2.41. The molecule has 1 saturated carbocycles. The van der Waals surface area contributed by atoms with Crippen LogP contribution in [0, 0.1) is 5.92 Å². The molecule has 0 spiro atoms. The van der Waals surface area contributed by atoms with Gasteiger partial charge in [-0.25, -0.2) is 4.79 Å². The Kier molecular flexibility index (Phi) is 5.22. The van der Waals surface area contributed by atoms with Gasteiger partial charge in [-0.3, -0.25) is 5.32 Å². The first-order valence-corrected chi connectivity index (χ1v) is 8.10. The predicted molar refractivity (Wildman–Crippen MR) is 83.5 cm³/mol. The van der Waals surface area contributed by atoms with Gasteiger partial charge in [0.25, 0.3) is 0 Å². The summed E-state index contributed by atoms with van der Waals surface area (Å²) < 4.78 is 6.31. The van der Waals surface area contributed by atoms with Crippen molar-refractivity contribution in [1.82, 2.24) is 5.32 Å². The fourth-order valence-corrected chi connectivity index (χ4v) is 2.81. The Morgan fingerprint density at radius 3 is 2.75 bits per heavy atom. The molecule has 1 N–H and O–H groups in total. The number of hydrogen-bond donors (Lipinski definition) is 1. The standard InChI is InChI=1S/C16H22BrNO2/c1-3-16(15(19)20-4-2,18-11-12-8-9-12)13-6-5-7-14(17)10-13/h5-7,10,12,18H,3-4,8-9,11H2,1-2H3. The van der Waals surface area contributed by atoms with Gasteiger partial charge in [0.15, 0.2) is 0 Å². The zero-order valence-electron chi connectivity index (χ0n) is 12.1. The third-order valence-electron chi connectivity index (χ3n) is 3.86. The van der Waals surface area contributed by atoms with Crippen LogP contribution in [0.25, 0.3) is 0 Å². The highest BCUT2D eigenvalue weighted by molar-refractivity contribution is 9.10. The second-order valence-corrected chi connectivity index (χ2v) is 6.23. The van der Waals surface area contributed by atoms with Crippen LogP contribution in [0.4, 0.5) is 0 Å². The minimum atomic E-state index is -0.734. The summed E-state index contributed by atoms with van der Waals surface area (Å²) in [5.74, 6) is 0.531. The maximum absolute atomic E-state index is 12.5. The van der Waals surface area contributed by atoms with Crippen LogP contribution in [0.15, 0.2) is 28.7 Å². The van der Waals surface area contributed by atoms with Crippen molar-refractivity contribution in [3.63, 3.8) is 0 Å². The Bertz CT molecular complexity index is 473. The average Bonchev–Trinajstić information content (AvgIpc) is 3.25. The van der Waals surface area contributed by atoms with Gasteiger partial charge in [-0.1, -0.05) is 35.0 Å². The summed E-state index contributed by atoms with van der Waals surface area (Å²) in [7, 11) is 0. The smallest absolute Gasteiger partial charge is 0.330 e. The van der Waals surface area contributed by atoms with E-state index in [0.717, 1.165) is 16.6 Å². The molecule has 0 aliphatic heterocycles. The zero-order chi connectivity index (χ0) is 14.6. The molecule has 0 aromatic heterocycles. The lowest BCUT2D eigenvalue weighted by Crippen LogP contribution is -2.50. The lowest BCUT2D eigenvalue weighted by Gasteiger charge is -2.32. The van der Waals surface area contributed by atoms with E-state index in [0.29, 0.717) is 18.9 Å². The number of nitrogens with one attached hydrogen (secondary N) is 1. The third-order valence-corrected chi connectivity index (χ3v) is 4.35. The second kappa shape index (κ2) is 6.72. The molecule has 20 heavy (non-hydrogen) atoms. The minimum Gasteiger partial charge on any atom is -0.464 e. The summed E-state index contributed by atoms with van der Waals surface area (Å²) in [4.78, 5) is 12.5. The van der Waals surface area contributed by atoms with Gasteiger partial charge in [0, 0.05) is 4.47 Å². The van der Waals surface area contributed by atoms with Gasteiger partial charge in [-0.2, -0.15) is 0 Å². The largest absolute Gasteiger partial charge is 0.464 e. The molecule has 1 fully saturated rings. The van der Waals surface area contributed by atoms with Gasteiger partial charge >= 0.3 is 5.97 Å². The van der Waals surface area contributed by atoms with Crippen molar-refractivity contribution in [1.29, 1.82) is 0 Å². The van der Waals surface area contributed by atoms with E-state index >= 15 is 0 Å². The molecule has 0 amide bonds. The minimum absolute atomic E-state index is 0.179. The second-order valence-electron chi connectivity index (χ2n) is 5.31. The summed E-state index contributed by atoms with van der Waals surface area (Å²) in [6, 6.07) is 7.92. The molecule has 0 saturated heterocycles. The molecule has 3 nitrogen and oxygen atoms in total. The molecule has 1 unspecified atom stereocenters. The van der Waals surface area contributed by atoms with Crippen molar-refractivity contribution in [2.75, 3.05) is 13.2 Å². The molecule has 2 rings (SSSR count). The SMILES string of the molecule is CCOC(=O)C(CC)(NCC1CC1)c1cccc(Br)c1. The number of hydrogen-bond acceptors (Lipinski definition) is 3. The topological polar surface area (TPSA) is 38.3 Å². The molecule has 1 aliphatic carbocycles. The molecular formula is C16H22BrNO2. The van der Waals surface area contributed by atoms with Crippen LogP contribution < -0.4 is 5.32 Å². The molecule has 0 radical (unpaired) electrons. The molecule has 0 heterocycles. The fraction of sp³-hybridized carbons (Fsp3) is 0.562. The van der Waals surface area contributed by atoms with E-state index in [1.807, 2.05) is 38.1 Å². The van der Waals surface area contributed by atoms with Crippen LogP contribution in [0.1, 0.15) is 38.7 Å². The van der Waals surface area contributed by atoms with Crippen LogP contribution in [0.2, 0.25) is 0 Å². The van der Waals surface area contributed by atoms with Crippen LogP contribution in [0.3, 0.4) is 0 Å². The van der Waals surface area contributed by atoms with Crippen LogP contribution in [0.5, 0.6) is 0 Å². The molecule has 4 heteroatoms.